The van der Waals surface area contributed by atoms with E-state index >= 15 is 0 Å². The maximum atomic E-state index is 9.73. The average Bonchev–Trinajstić information content (AvgIpc) is 3.38. The summed E-state index contributed by atoms with van der Waals surface area (Å²) in [6.07, 6.45) is 2.56. The molecule has 2 heterocycles. The molecule has 0 amide bonds. The number of aliphatic hydroxyl groups excluding tert-OH is 1. The number of methoxy groups -OCH3 is 2. The van der Waals surface area contributed by atoms with E-state index in [0.717, 1.165) is 26.4 Å². The van der Waals surface area contributed by atoms with Crippen LogP contribution in [-0.2, 0) is 28.4 Å². The third kappa shape index (κ3) is 45.9. The summed E-state index contributed by atoms with van der Waals surface area (Å²) in [5.74, 6) is 0. The van der Waals surface area contributed by atoms with Crippen molar-refractivity contribution in [3.63, 3.8) is 0 Å². The topological polar surface area (TPSA) is 102 Å². The van der Waals surface area contributed by atoms with Crippen LogP contribution in [0.15, 0.2) is 0 Å². The van der Waals surface area contributed by atoms with Gasteiger partial charge < -0.3 is 38.6 Å². The molecule has 1 N–H and O–H groups in total. The van der Waals surface area contributed by atoms with Crippen molar-refractivity contribution < 1.29 is 90.0 Å². The molecular weight excluding hydrogens is 359 g/mol. The maximum Gasteiger partial charge on any atom is 1.00 e. The zero-order valence-electron chi connectivity index (χ0n) is 16.2. The first-order chi connectivity index (χ1) is 11.8. The number of epoxide rings is 1. The number of hydrogen-bond acceptors (Lipinski definition) is 8. The van der Waals surface area contributed by atoms with Crippen LogP contribution in [0.5, 0.6) is 0 Å². The quantitative estimate of drug-likeness (QED) is 0.231. The van der Waals surface area contributed by atoms with Crippen molar-refractivity contribution in [2.75, 3.05) is 93.5 Å². The molecule has 0 bridgehead atoms. The van der Waals surface area contributed by atoms with Crippen LogP contribution in [0.2, 0.25) is 0 Å². The van der Waals surface area contributed by atoms with Crippen LogP contribution in [0.1, 0.15) is 12.8 Å². The van der Waals surface area contributed by atoms with Crippen molar-refractivity contribution in [2.24, 2.45) is 0 Å². The molecule has 0 radical (unpaired) electrons. The van der Waals surface area contributed by atoms with Gasteiger partial charge in [-0.15, -0.1) is 6.61 Å². The first-order valence-corrected chi connectivity index (χ1v) is 8.31. The van der Waals surface area contributed by atoms with E-state index < -0.39 is 0 Å². The molecule has 0 spiro atoms. The summed E-state index contributed by atoms with van der Waals surface area (Å²) in [6, 6.07) is 0. The van der Waals surface area contributed by atoms with Crippen LogP contribution >= 0.6 is 0 Å². The van der Waals surface area contributed by atoms with Gasteiger partial charge in [0.1, 0.15) is 0 Å². The van der Waals surface area contributed by atoms with Gasteiger partial charge in [0.2, 0.25) is 0 Å². The van der Waals surface area contributed by atoms with Crippen LogP contribution in [0.3, 0.4) is 0 Å². The Labute approximate surface area is 194 Å². The van der Waals surface area contributed by atoms with E-state index in [9.17, 15) is 5.11 Å². The van der Waals surface area contributed by atoms with E-state index in [0.29, 0.717) is 39.6 Å². The number of hydrogen-bond donors (Lipinski definition) is 1. The Morgan fingerprint density at radius 3 is 1.52 bits per heavy atom. The van der Waals surface area contributed by atoms with Gasteiger partial charge in [-0.05, 0) is 12.8 Å². The van der Waals surface area contributed by atoms with Crippen LogP contribution < -0.4 is 56.5 Å². The minimum Gasteiger partial charge on any atom is -0.853 e. The smallest absolute Gasteiger partial charge is 0.853 e. The van der Waals surface area contributed by atoms with Crippen molar-refractivity contribution >= 4 is 0 Å². The molecule has 0 aliphatic carbocycles. The van der Waals surface area contributed by atoms with Crippen LogP contribution in [-0.4, -0.2) is 98.6 Å². The Kier molecular flexibility index (Phi) is 40.9. The number of ether oxygens (including phenoxy) is 6. The van der Waals surface area contributed by atoms with Crippen molar-refractivity contribution in [1.82, 2.24) is 0 Å². The van der Waals surface area contributed by atoms with E-state index in [-0.39, 0.29) is 64.6 Å². The van der Waals surface area contributed by atoms with Gasteiger partial charge in [-0.3, -0.25) is 0 Å². The second kappa shape index (κ2) is 32.9. The summed E-state index contributed by atoms with van der Waals surface area (Å²) in [5, 5.41) is 17.9. The molecule has 8 nitrogen and oxygen atoms in total. The Hall–Kier alpha value is 1.32. The predicted octanol–water partition coefficient (Wildman–Crippen LogP) is -3.53. The van der Waals surface area contributed by atoms with Crippen LogP contribution in [0.4, 0.5) is 0 Å². The fourth-order valence-corrected chi connectivity index (χ4v) is 1.12. The fourth-order valence-electron chi connectivity index (χ4n) is 1.12. The molecule has 25 heavy (non-hydrogen) atoms. The van der Waals surface area contributed by atoms with Crippen molar-refractivity contribution in [1.29, 1.82) is 0 Å². The van der Waals surface area contributed by atoms with Gasteiger partial charge >= 0.3 is 51.4 Å². The standard InChI is InChI=1S/C5H12O3.C5H11O3.C4H8O.C2H4O.K/c2*1-7-4-5-8-3-2-6;1-2-4-5-3-1;1-2-3-1;/h6H,2-5H2,1H3;2-5H2,1H3;1-4H2;1-2H2;/q;-1;;;+1. The first-order valence-electron chi connectivity index (χ1n) is 8.31. The van der Waals surface area contributed by atoms with E-state index in [4.69, 9.17) is 19.3 Å². The normalized spacial score (nSPS) is 13.9. The third-order valence-electron chi connectivity index (χ3n) is 2.36. The van der Waals surface area contributed by atoms with Gasteiger partial charge in [0, 0.05) is 34.0 Å². The summed E-state index contributed by atoms with van der Waals surface area (Å²) in [5.41, 5.74) is 0. The SMILES string of the molecule is C1CCOC1.C1CO1.COCCOCCO.COCCOCC[O-].[K+]. The van der Waals surface area contributed by atoms with E-state index in [1.807, 2.05) is 0 Å². The van der Waals surface area contributed by atoms with Gasteiger partial charge in [0.25, 0.3) is 0 Å². The Balaban J connectivity index is -0.000000266. The second-order valence-corrected chi connectivity index (χ2v) is 4.57. The molecule has 0 aromatic carbocycles. The summed E-state index contributed by atoms with van der Waals surface area (Å²) in [6.45, 7) is 6.88. The molecule has 2 saturated heterocycles. The Bertz CT molecular complexity index is 161. The number of aliphatic hydroxyl groups is 1. The van der Waals surface area contributed by atoms with Gasteiger partial charge in [-0.25, -0.2) is 0 Å². The molecule has 2 rings (SSSR count). The van der Waals surface area contributed by atoms with E-state index in [1.165, 1.54) is 12.8 Å². The third-order valence-corrected chi connectivity index (χ3v) is 2.36. The molecule has 0 saturated carbocycles. The molecule has 0 atom stereocenters. The predicted molar refractivity (Wildman–Crippen MR) is 88.2 cm³/mol. The molecule has 2 aliphatic rings. The first kappa shape index (κ1) is 31.0. The summed E-state index contributed by atoms with van der Waals surface area (Å²) in [7, 11) is 3.21. The van der Waals surface area contributed by atoms with Crippen LogP contribution in [0.25, 0.3) is 0 Å². The maximum absolute atomic E-state index is 9.73. The van der Waals surface area contributed by atoms with E-state index in [2.05, 4.69) is 14.2 Å². The molecule has 2 fully saturated rings. The number of rotatable bonds is 10. The van der Waals surface area contributed by atoms with Gasteiger partial charge in [0.05, 0.1) is 52.9 Å². The molecule has 0 aromatic heterocycles. The average molecular weight is 395 g/mol. The fraction of sp³-hybridized carbons (Fsp3) is 1.00. The molecule has 148 valence electrons. The zero-order valence-corrected chi connectivity index (χ0v) is 19.3. The van der Waals surface area contributed by atoms with Crippen molar-refractivity contribution in [3.8, 4) is 0 Å². The Morgan fingerprint density at radius 1 is 0.760 bits per heavy atom. The van der Waals surface area contributed by atoms with Crippen molar-refractivity contribution in [3.05, 3.63) is 0 Å². The molecule has 0 unspecified atom stereocenters. The van der Waals surface area contributed by atoms with Gasteiger partial charge in [0.15, 0.2) is 0 Å². The van der Waals surface area contributed by atoms with Gasteiger partial charge in [-0.1, -0.05) is 0 Å². The monoisotopic (exact) mass is 394 g/mol. The van der Waals surface area contributed by atoms with Crippen LogP contribution in [0, 0.1) is 0 Å². The zero-order chi connectivity index (χ0) is 18.1. The molecule has 9 heteroatoms. The van der Waals surface area contributed by atoms with Gasteiger partial charge in [-0.2, -0.15) is 0 Å². The summed E-state index contributed by atoms with van der Waals surface area (Å²) in [4.78, 5) is 0. The Morgan fingerprint density at radius 2 is 1.24 bits per heavy atom. The summed E-state index contributed by atoms with van der Waals surface area (Å²) >= 11 is 0. The molecule has 2 aliphatic heterocycles. The minimum atomic E-state index is -0.163. The van der Waals surface area contributed by atoms with Crippen molar-refractivity contribution in [2.45, 2.75) is 12.8 Å². The molecular formula is C16H35KO8. The molecule has 0 aromatic rings. The van der Waals surface area contributed by atoms with E-state index in [1.54, 1.807) is 14.2 Å². The largest absolute Gasteiger partial charge is 1.00 e. The second-order valence-electron chi connectivity index (χ2n) is 4.57. The minimum absolute atomic E-state index is 0. The summed E-state index contributed by atoms with van der Waals surface area (Å²) < 4.78 is 28.4.